The third-order valence-corrected chi connectivity index (χ3v) is 2.90. The highest BCUT2D eigenvalue weighted by Crippen LogP contribution is 2.24. The first-order valence-corrected chi connectivity index (χ1v) is 5.68. The van der Waals surface area contributed by atoms with Gasteiger partial charge in [0.25, 0.3) is 0 Å². The van der Waals surface area contributed by atoms with E-state index in [1.54, 1.807) is 31.5 Å². The summed E-state index contributed by atoms with van der Waals surface area (Å²) < 4.78 is 27.5. The second-order valence-electron chi connectivity index (χ2n) is 4.26. The van der Waals surface area contributed by atoms with Crippen LogP contribution in [0.5, 0.6) is 0 Å². The minimum atomic E-state index is -0.702. The van der Waals surface area contributed by atoms with Crippen LogP contribution in [-0.4, -0.2) is 4.98 Å². The van der Waals surface area contributed by atoms with E-state index in [1.165, 1.54) is 12.1 Å². The van der Waals surface area contributed by atoms with Crippen molar-refractivity contribution < 1.29 is 8.78 Å². The molecule has 0 amide bonds. The molecule has 0 spiro atoms. The number of pyridine rings is 1. The van der Waals surface area contributed by atoms with Crippen LogP contribution in [0.4, 0.5) is 8.78 Å². The molecule has 2 aromatic rings. The molecule has 0 fully saturated rings. The zero-order valence-corrected chi connectivity index (χ0v) is 10.0. The Bertz CT molecular complexity index is 541. The third kappa shape index (κ3) is 2.54. The van der Waals surface area contributed by atoms with Gasteiger partial charge in [-0.1, -0.05) is 6.07 Å². The molecule has 4 heteroatoms. The second kappa shape index (κ2) is 5.23. The van der Waals surface area contributed by atoms with Crippen LogP contribution in [0, 0.1) is 18.6 Å². The Labute approximate surface area is 104 Å². The lowest BCUT2D eigenvalue weighted by molar-refractivity contribution is 0.520. The van der Waals surface area contributed by atoms with E-state index in [0.29, 0.717) is 12.0 Å². The van der Waals surface area contributed by atoms with Crippen LogP contribution in [0.2, 0.25) is 0 Å². The Balaban J connectivity index is 2.29. The van der Waals surface area contributed by atoms with Gasteiger partial charge in [-0.3, -0.25) is 4.98 Å². The topological polar surface area (TPSA) is 38.9 Å². The maximum absolute atomic E-state index is 13.9. The van der Waals surface area contributed by atoms with Gasteiger partial charge in [-0.2, -0.15) is 0 Å². The first kappa shape index (κ1) is 12.6. The molecule has 1 heterocycles. The van der Waals surface area contributed by atoms with E-state index < -0.39 is 17.7 Å². The van der Waals surface area contributed by atoms with Gasteiger partial charge in [0.05, 0.1) is 0 Å². The van der Waals surface area contributed by atoms with Crippen molar-refractivity contribution in [1.82, 2.24) is 4.98 Å². The van der Waals surface area contributed by atoms with E-state index in [9.17, 15) is 8.78 Å². The average Bonchev–Trinajstić information content (AvgIpc) is 2.36. The highest BCUT2D eigenvalue weighted by molar-refractivity contribution is 5.30. The molecule has 0 aliphatic rings. The summed E-state index contributed by atoms with van der Waals surface area (Å²) >= 11 is 0. The fraction of sp³-hybridized carbons (Fsp3) is 0.214. The van der Waals surface area contributed by atoms with Gasteiger partial charge in [-0.25, -0.2) is 8.78 Å². The molecule has 94 valence electrons. The SMILES string of the molecule is Cc1ccc(F)c(C(N)Cc2ccncc2)c1F. The summed E-state index contributed by atoms with van der Waals surface area (Å²) in [6, 6.07) is 5.53. The monoisotopic (exact) mass is 248 g/mol. The predicted molar refractivity (Wildman–Crippen MR) is 66.0 cm³/mol. The standard InChI is InChI=1S/C14H14F2N2/c1-9-2-3-11(15)13(14(9)16)12(17)8-10-4-6-18-7-5-10/h2-7,12H,8,17H2,1H3. The van der Waals surface area contributed by atoms with Gasteiger partial charge in [0.1, 0.15) is 11.6 Å². The maximum atomic E-state index is 13.9. The first-order chi connectivity index (χ1) is 8.59. The van der Waals surface area contributed by atoms with Crippen molar-refractivity contribution in [2.75, 3.05) is 0 Å². The number of halogens is 2. The summed E-state index contributed by atoms with van der Waals surface area (Å²) in [5.74, 6) is -1.16. The molecule has 0 radical (unpaired) electrons. The number of nitrogens with two attached hydrogens (primary N) is 1. The van der Waals surface area contributed by atoms with Crippen molar-refractivity contribution in [2.24, 2.45) is 5.73 Å². The summed E-state index contributed by atoms with van der Waals surface area (Å²) in [6.45, 7) is 1.59. The van der Waals surface area contributed by atoms with E-state index in [2.05, 4.69) is 4.98 Å². The average molecular weight is 248 g/mol. The number of hydrogen-bond acceptors (Lipinski definition) is 2. The molecular formula is C14H14F2N2. The van der Waals surface area contributed by atoms with E-state index >= 15 is 0 Å². The van der Waals surface area contributed by atoms with Gasteiger partial charge < -0.3 is 5.73 Å². The summed E-state index contributed by atoms with van der Waals surface area (Å²) in [5.41, 5.74) is 7.15. The fourth-order valence-electron chi connectivity index (χ4n) is 1.89. The van der Waals surface area contributed by atoms with Crippen molar-refractivity contribution in [2.45, 2.75) is 19.4 Å². The predicted octanol–water partition coefficient (Wildman–Crippen LogP) is 2.91. The Morgan fingerprint density at radius 3 is 2.50 bits per heavy atom. The van der Waals surface area contributed by atoms with Crippen LogP contribution in [0.15, 0.2) is 36.7 Å². The third-order valence-electron chi connectivity index (χ3n) is 2.90. The summed E-state index contributed by atoms with van der Waals surface area (Å²) in [7, 11) is 0. The highest BCUT2D eigenvalue weighted by Gasteiger charge is 2.18. The summed E-state index contributed by atoms with van der Waals surface area (Å²) in [4.78, 5) is 3.89. The lowest BCUT2D eigenvalue weighted by atomic mass is 9.97. The number of hydrogen-bond donors (Lipinski definition) is 1. The molecule has 0 saturated carbocycles. The minimum absolute atomic E-state index is 0.0492. The van der Waals surface area contributed by atoms with Crippen LogP contribution >= 0.6 is 0 Å². The molecule has 18 heavy (non-hydrogen) atoms. The molecule has 2 N–H and O–H groups in total. The second-order valence-corrected chi connectivity index (χ2v) is 4.26. The lowest BCUT2D eigenvalue weighted by Crippen LogP contribution is -2.17. The Kier molecular flexibility index (Phi) is 3.67. The van der Waals surface area contributed by atoms with Gasteiger partial charge in [0.15, 0.2) is 0 Å². The number of rotatable bonds is 3. The van der Waals surface area contributed by atoms with E-state index in [0.717, 1.165) is 5.56 Å². The van der Waals surface area contributed by atoms with Gasteiger partial charge in [-0.15, -0.1) is 0 Å². The molecule has 0 saturated heterocycles. The van der Waals surface area contributed by atoms with Crippen molar-refractivity contribution in [3.8, 4) is 0 Å². The van der Waals surface area contributed by atoms with Crippen molar-refractivity contribution in [1.29, 1.82) is 0 Å². The number of nitrogens with zero attached hydrogens (tertiary/aromatic N) is 1. The molecule has 0 bridgehead atoms. The van der Waals surface area contributed by atoms with Crippen LogP contribution in [0.3, 0.4) is 0 Å². The Morgan fingerprint density at radius 2 is 1.83 bits per heavy atom. The molecule has 1 unspecified atom stereocenters. The molecular weight excluding hydrogens is 234 g/mol. The first-order valence-electron chi connectivity index (χ1n) is 5.68. The van der Waals surface area contributed by atoms with Gasteiger partial charge in [0, 0.05) is 24.0 Å². The molecule has 0 aliphatic carbocycles. The lowest BCUT2D eigenvalue weighted by Gasteiger charge is -2.15. The normalized spacial score (nSPS) is 12.4. The smallest absolute Gasteiger partial charge is 0.133 e. The zero-order chi connectivity index (χ0) is 13.1. The zero-order valence-electron chi connectivity index (χ0n) is 10.0. The number of aromatic nitrogens is 1. The Hall–Kier alpha value is -1.81. The molecule has 2 rings (SSSR count). The maximum Gasteiger partial charge on any atom is 0.133 e. The summed E-state index contributed by atoms with van der Waals surface area (Å²) in [6.07, 6.45) is 3.63. The number of benzene rings is 1. The fourth-order valence-corrected chi connectivity index (χ4v) is 1.89. The van der Waals surface area contributed by atoms with E-state index in [-0.39, 0.29) is 5.56 Å². The molecule has 2 nitrogen and oxygen atoms in total. The van der Waals surface area contributed by atoms with Crippen LogP contribution in [0.25, 0.3) is 0 Å². The molecule has 0 aliphatic heterocycles. The quantitative estimate of drug-likeness (QED) is 0.907. The van der Waals surface area contributed by atoms with Crippen molar-refractivity contribution >= 4 is 0 Å². The van der Waals surface area contributed by atoms with Crippen LogP contribution < -0.4 is 5.73 Å². The molecule has 1 aromatic carbocycles. The van der Waals surface area contributed by atoms with Crippen LogP contribution in [-0.2, 0) is 6.42 Å². The van der Waals surface area contributed by atoms with Gasteiger partial charge >= 0.3 is 0 Å². The van der Waals surface area contributed by atoms with Crippen LogP contribution in [0.1, 0.15) is 22.7 Å². The van der Waals surface area contributed by atoms with E-state index in [1.807, 2.05) is 0 Å². The molecule has 1 atom stereocenters. The summed E-state index contributed by atoms with van der Waals surface area (Å²) in [5, 5.41) is 0. The largest absolute Gasteiger partial charge is 0.323 e. The van der Waals surface area contributed by atoms with Crippen molar-refractivity contribution in [3.63, 3.8) is 0 Å². The van der Waals surface area contributed by atoms with Crippen molar-refractivity contribution in [3.05, 3.63) is 65.0 Å². The highest BCUT2D eigenvalue weighted by atomic mass is 19.1. The van der Waals surface area contributed by atoms with E-state index in [4.69, 9.17) is 5.73 Å². The number of aryl methyl sites for hydroxylation is 1. The Morgan fingerprint density at radius 1 is 1.17 bits per heavy atom. The van der Waals surface area contributed by atoms with Gasteiger partial charge in [-0.05, 0) is 42.7 Å². The molecule has 1 aromatic heterocycles. The van der Waals surface area contributed by atoms with Gasteiger partial charge in [0.2, 0.25) is 0 Å². The minimum Gasteiger partial charge on any atom is -0.323 e.